The molecule has 0 bridgehead atoms. The molecule has 0 aliphatic rings. The van der Waals surface area contributed by atoms with E-state index >= 15 is 0 Å². The van der Waals surface area contributed by atoms with E-state index in [2.05, 4.69) is 5.32 Å². The maximum atomic E-state index is 12.7. The highest BCUT2D eigenvalue weighted by molar-refractivity contribution is 7.92. The first-order valence-corrected chi connectivity index (χ1v) is 10.3. The average molecular weight is 375 g/mol. The molecule has 1 atom stereocenters. The van der Waals surface area contributed by atoms with Gasteiger partial charge in [-0.1, -0.05) is 12.1 Å². The molecule has 0 aromatic heterocycles. The number of sulfonamides is 1. The standard InChI is InChI=1S/C20H26N2O3S/c1-13-7-14(2)10-18(9-13)21-20(23)17(5)22(26(6,24)25)19-11-15(3)8-16(4)12-19/h7-12,17H,1-6H3,(H,21,23)/t17-/m0/s1. The molecular formula is C20H26N2O3S. The molecule has 5 nitrogen and oxygen atoms in total. The number of hydrogen-bond donors (Lipinski definition) is 1. The van der Waals surface area contributed by atoms with Gasteiger partial charge in [0.25, 0.3) is 0 Å². The summed E-state index contributed by atoms with van der Waals surface area (Å²) in [6.07, 6.45) is 1.12. The van der Waals surface area contributed by atoms with Crippen LogP contribution in [-0.2, 0) is 14.8 Å². The third-order valence-corrected chi connectivity index (χ3v) is 5.28. The van der Waals surface area contributed by atoms with E-state index < -0.39 is 16.1 Å². The van der Waals surface area contributed by atoms with Crippen LogP contribution in [0.1, 0.15) is 29.2 Å². The number of hydrogen-bond acceptors (Lipinski definition) is 3. The monoisotopic (exact) mass is 374 g/mol. The van der Waals surface area contributed by atoms with Gasteiger partial charge in [0.1, 0.15) is 6.04 Å². The SMILES string of the molecule is Cc1cc(C)cc(NC(=O)[C@H](C)N(c2cc(C)cc(C)c2)S(C)(=O)=O)c1. The summed E-state index contributed by atoms with van der Waals surface area (Å²) in [6.45, 7) is 9.29. The average Bonchev–Trinajstić information content (AvgIpc) is 2.43. The number of rotatable bonds is 5. The van der Waals surface area contributed by atoms with E-state index in [1.165, 1.54) is 4.31 Å². The van der Waals surface area contributed by atoms with E-state index in [1.54, 1.807) is 19.1 Å². The first kappa shape index (κ1) is 20.0. The molecule has 0 radical (unpaired) electrons. The summed E-state index contributed by atoms with van der Waals surface area (Å²) >= 11 is 0. The first-order valence-electron chi connectivity index (χ1n) is 8.44. The van der Waals surface area contributed by atoms with Crippen molar-refractivity contribution in [2.45, 2.75) is 40.7 Å². The number of benzene rings is 2. The zero-order valence-electron chi connectivity index (χ0n) is 16.1. The molecule has 0 heterocycles. The minimum atomic E-state index is -3.63. The molecule has 0 spiro atoms. The highest BCUT2D eigenvalue weighted by atomic mass is 32.2. The van der Waals surface area contributed by atoms with Crippen molar-refractivity contribution < 1.29 is 13.2 Å². The highest BCUT2D eigenvalue weighted by Gasteiger charge is 2.29. The van der Waals surface area contributed by atoms with Crippen molar-refractivity contribution in [1.82, 2.24) is 0 Å². The lowest BCUT2D eigenvalue weighted by atomic mass is 10.1. The lowest BCUT2D eigenvalue weighted by Crippen LogP contribution is -2.45. The van der Waals surface area contributed by atoms with E-state index in [0.29, 0.717) is 11.4 Å². The number of aryl methyl sites for hydroxylation is 4. The Labute approximate surface area is 156 Å². The molecule has 0 unspecified atom stereocenters. The van der Waals surface area contributed by atoms with Gasteiger partial charge in [0.2, 0.25) is 15.9 Å². The van der Waals surface area contributed by atoms with Gasteiger partial charge in [-0.2, -0.15) is 0 Å². The largest absolute Gasteiger partial charge is 0.324 e. The summed E-state index contributed by atoms with van der Waals surface area (Å²) in [6, 6.07) is 10.4. The zero-order valence-corrected chi connectivity index (χ0v) is 16.9. The molecule has 2 aromatic carbocycles. The molecule has 0 saturated carbocycles. The van der Waals surface area contributed by atoms with Gasteiger partial charge in [-0.15, -0.1) is 0 Å². The molecule has 26 heavy (non-hydrogen) atoms. The molecule has 6 heteroatoms. The van der Waals surface area contributed by atoms with Crippen LogP contribution < -0.4 is 9.62 Å². The fourth-order valence-corrected chi connectivity index (χ4v) is 4.34. The maximum absolute atomic E-state index is 12.7. The van der Waals surface area contributed by atoms with E-state index in [1.807, 2.05) is 52.0 Å². The number of carbonyl (C=O) groups excluding carboxylic acids is 1. The normalized spacial score (nSPS) is 12.5. The van der Waals surface area contributed by atoms with Crippen molar-refractivity contribution in [2.75, 3.05) is 15.9 Å². The Morgan fingerprint density at radius 2 is 1.31 bits per heavy atom. The van der Waals surface area contributed by atoms with E-state index in [4.69, 9.17) is 0 Å². The Balaban J connectivity index is 2.37. The Morgan fingerprint density at radius 1 is 0.885 bits per heavy atom. The lowest BCUT2D eigenvalue weighted by molar-refractivity contribution is -0.116. The molecule has 0 saturated heterocycles. The number of anilines is 2. The predicted molar refractivity (Wildman–Crippen MR) is 107 cm³/mol. The van der Waals surface area contributed by atoms with Gasteiger partial charge in [-0.05, 0) is 81.1 Å². The fourth-order valence-electron chi connectivity index (χ4n) is 3.18. The Morgan fingerprint density at radius 3 is 1.73 bits per heavy atom. The number of amides is 1. The van der Waals surface area contributed by atoms with Crippen molar-refractivity contribution in [3.8, 4) is 0 Å². The minimum absolute atomic E-state index is 0.375. The van der Waals surface area contributed by atoms with E-state index in [0.717, 1.165) is 28.5 Å². The third kappa shape index (κ3) is 4.85. The van der Waals surface area contributed by atoms with Crippen LogP contribution in [0.25, 0.3) is 0 Å². The smallest absolute Gasteiger partial charge is 0.247 e. The van der Waals surface area contributed by atoms with Crippen molar-refractivity contribution in [2.24, 2.45) is 0 Å². The maximum Gasteiger partial charge on any atom is 0.247 e. The molecule has 0 aliphatic carbocycles. The minimum Gasteiger partial charge on any atom is -0.324 e. The van der Waals surface area contributed by atoms with Crippen LogP contribution in [0.15, 0.2) is 36.4 Å². The van der Waals surface area contributed by atoms with Crippen molar-refractivity contribution in [3.63, 3.8) is 0 Å². The third-order valence-electron chi connectivity index (χ3n) is 4.04. The summed E-state index contributed by atoms with van der Waals surface area (Å²) in [5.74, 6) is -0.375. The van der Waals surface area contributed by atoms with Gasteiger partial charge >= 0.3 is 0 Å². The van der Waals surface area contributed by atoms with E-state index in [-0.39, 0.29) is 5.91 Å². The second-order valence-corrected chi connectivity index (χ2v) is 8.81. The summed E-state index contributed by atoms with van der Waals surface area (Å²) < 4.78 is 26.0. The summed E-state index contributed by atoms with van der Waals surface area (Å²) in [5, 5.41) is 2.83. The quantitative estimate of drug-likeness (QED) is 0.867. The second-order valence-electron chi connectivity index (χ2n) is 6.95. The van der Waals surface area contributed by atoms with Crippen LogP contribution in [0.2, 0.25) is 0 Å². The van der Waals surface area contributed by atoms with Gasteiger partial charge in [-0.3, -0.25) is 9.10 Å². The predicted octanol–water partition coefficient (Wildman–Crippen LogP) is 3.71. The zero-order chi connectivity index (χ0) is 19.6. The molecule has 0 aliphatic heterocycles. The first-order chi connectivity index (χ1) is 12.0. The van der Waals surface area contributed by atoms with Crippen molar-refractivity contribution in [3.05, 3.63) is 58.7 Å². The number of carbonyl (C=O) groups is 1. The van der Waals surface area contributed by atoms with Crippen LogP contribution in [0, 0.1) is 27.7 Å². The Kier molecular flexibility index (Phi) is 5.76. The highest BCUT2D eigenvalue weighted by Crippen LogP contribution is 2.24. The topological polar surface area (TPSA) is 66.5 Å². The van der Waals surface area contributed by atoms with Crippen LogP contribution in [0.4, 0.5) is 11.4 Å². The second kappa shape index (κ2) is 7.50. The van der Waals surface area contributed by atoms with Gasteiger partial charge in [0.05, 0.1) is 11.9 Å². The van der Waals surface area contributed by atoms with E-state index in [9.17, 15) is 13.2 Å². The Hall–Kier alpha value is -2.34. The van der Waals surface area contributed by atoms with Crippen molar-refractivity contribution in [1.29, 1.82) is 0 Å². The molecule has 1 amide bonds. The number of nitrogens with zero attached hydrogens (tertiary/aromatic N) is 1. The molecule has 0 fully saturated rings. The summed E-state index contributed by atoms with van der Waals surface area (Å²) in [5.41, 5.74) is 5.09. The van der Waals surface area contributed by atoms with Crippen molar-refractivity contribution >= 4 is 27.3 Å². The molecule has 2 rings (SSSR count). The van der Waals surface area contributed by atoms with Crippen LogP contribution in [0.5, 0.6) is 0 Å². The van der Waals surface area contributed by atoms with Crippen LogP contribution in [-0.4, -0.2) is 26.6 Å². The lowest BCUT2D eigenvalue weighted by Gasteiger charge is -2.29. The molecule has 1 N–H and O–H groups in total. The van der Waals surface area contributed by atoms with Crippen LogP contribution in [0.3, 0.4) is 0 Å². The van der Waals surface area contributed by atoms with Gasteiger partial charge in [0.15, 0.2) is 0 Å². The molecular weight excluding hydrogens is 348 g/mol. The van der Waals surface area contributed by atoms with Gasteiger partial charge in [0, 0.05) is 5.69 Å². The fraction of sp³-hybridized carbons (Fsp3) is 0.350. The summed E-state index contributed by atoms with van der Waals surface area (Å²) in [7, 11) is -3.63. The summed E-state index contributed by atoms with van der Waals surface area (Å²) in [4.78, 5) is 12.7. The number of nitrogens with one attached hydrogen (secondary N) is 1. The Bertz CT molecular complexity index is 896. The van der Waals surface area contributed by atoms with Gasteiger partial charge in [-0.25, -0.2) is 8.42 Å². The van der Waals surface area contributed by atoms with Gasteiger partial charge < -0.3 is 5.32 Å². The van der Waals surface area contributed by atoms with Crippen LogP contribution >= 0.6 is 0 Å². The molecule has 140 valence electrons. The molecule has 2 aromatic rings.